The first-order valence-electron chi connectivity index (χ1n) is 9.50. The van der Waals surface area contributed by atoms with Crippen molar-refractivity contribution in [2.45, 2.75) is 33.1 Å². The highest BCUT2D eigenvalue weighted by molar-refractivity contribution is 5.48. The Labute approximate surface area is 157 Å². The smallest absolute Gasteiger partial charge is 0.122 e. The van der Waals surface area contributed by atoms with Gasteiger partial charge >= 0.3 is 0 Å². The summed E-state index contributed by atoms with van der Waals surface area (Å²) < 4.78 is 17.0. The molecule has 2 rings (SSSR count). The molecule has 1 atom stereocenters. The molecule has 0 unspecified atom stereocenters. The van der Waals surface area contributed by atoms with Crippen LogP contribution in [-0.4, -0.2) is 33.0 Å². The van der Waals surface area contributed by atoms with E-state index in [4.69, 9.17) is 14.2 Å². The minimum absolute atomic E-state index is 0.504. The average Bonchev–Trinajstić information content (AvgIpc) is 2.68. The fourth-order valence-electron chi connectivity index (χ4n) is 2.65. The zero-order chi connectivity index (χ0) is 18.6. The zero-order valence-electron chi connectivity index (χ0n) is 16.2. The third kappa shape index (κ3) is 6.60. The maximum absolute atomic E-state index is 5.99. The summed E-state index contributed by atoms with van der Waals surface area (Å²) in [6, 6.07) is 16.3. The van der Waals surface area contributed by atoms with E-state index in [2.05, 4.69) is 31.3 Å². The fourth-order valence-corrected chi connectivity index (χ4v) is 2.65. The van der Waals surface area contributed by atoms with Gasteiger partial charge in [0.2, 0.25) is 0 Å². The molecule has 0 radical (unpaired) electrons. The number of para-hydroxylation sites is 1. The molecule has 142 valence electrons. The first-order chi connectivity index (χ1) is 12.7. The molecule has 0 heterocycles. The number of anilines is 1. The van der Waals surface area contributed by atoms with Gasteiger partial charge in [-0.15, -0.1) is 0 Å². The van der Waals surface area contributed by atoms with Crippen molar-refractivity contribution in [2.24, 2.45) is 0 Å². The summed E-state index contributed by atoms with van der Waals surface area (Å²) in [7, 11) is 0. The van der Waals surface area contributed by atoms with Gasteiger partial charge in [0.15, 0.2) is 0 Å². The number of nitrogens with one attached hydrogen (secondary N) is 1. The molecular formula is C22H31NO3. The molecule has 0 aliphatic heterocycles. The number of ether oxygens (including phenoxy) is 3. The van der Waals surface area contributed by atoms with Crippen molar-refractivity contribution < 1.29 is 14.2 Å². The van der Waals surface area contributed by atoms with Gasteiger partial charge < -0.3 is 19.5 Å². The average molecular weight is 357 g/mol. The van der Waals surface area contributed by atoms with Crippen molar-refractivity contribution >= 4 is 5.69 Å². The van der Waals surface area contributed by atoms with Gasteiger partial charge in [-0.3, -0.25) is 0 Å². The van der Waals surface area contributed by atoms with Crippen LogP contribution in [0.15, 0.2) is 48.5 Å². The number of hydrogen-bond donors (Lipinski definition) is 1. The zero-order valence-corrected chi connectivity index (χ0v) is 16.2. The first-order valence-corrected chi connectivity index (χ1v) is 9.50. The number of benzene rings is 2. The molecule has 0 aliphatic carbocycles. The van der Waals surface area contributed by atoms with Crippen molar-refractivity contribution in [3.05, 3.63) is 54.1 Å². The van der Waals surface area contributed by atoms with Crippen LogP contribution in [0.5, 0.6) is 11.5 Å². The maximum Gasteiger partial charge on any atom is 0.122 e. The molecule has 2 aromatic rings. The quantitative estimate of drug-likeness (QED) is 0.536. The van der Waals surface area contributed by atoms with Crippen molar-refractivity contribution in [1.82, 2.24) is 0 Å². The normalized spacial score (nSPS) is 11.8. The van der Waals surface area contributed by atoms with Gasteiger partial charge in [0, 0.05) is 24.9 Å². The van der Waals surface area contributed by atoms with Crippen molar-refractivity contribution in [3.63, 3.8) is 0 Å². The van der Waals surface area contributed by atoms with E-state index < -0.39 is 0 Å². The molecule has 2 aromatic carbocycles. The van der Waals surface area contributed by atoms with Crippen LogP contribution in [0, 0.1) is 0 Å². The van der Waals surface area contributed by atoms with Gasteiger partial charge in [-0.25, -0.2) is 0 Å². The largest absolute Gasteiger partial charge is 0.491 e. The first kappa shape index (κ1) is 20.1. The highest BCUT2D eigenvalue weighted by atomic mass is 16.5. The van der Waals surface area contributed by atoms with E-state index in [0.717, 1.165) is 30.2 Å². The van der Waals surface area contributed by atoms with E-state index in [1.54, 1.807) is 0 Å². The van der Waals surface area contributed by atoms with E-state index in [1.165, 1.54) is 5.56 Å². The fraction of sp³-hybridized carbons (Fsp3) is 0.455. The summed E-state index contributed by atoms with van der Waals surface area (Å²) in [5, 5.41) is 3.38. The van der Waals surface area contributed by atoms with Crippen LogP contribution >= 0.6 is 0 Å². The van der Waals surface area contributed by atoms with Crippen LogP contribution in [0.25, 0.3) is 0 Å². The lowest BCUT2D eigenvalue weighted by Crippen LogP contribution is -2.12. The molecule has 0 amide bonds. The van der Waals surface area contributed by atoms with Crippen LogP contribution < -0.4 is 14.8 Å². The molecule has 0 aliphatic rings. The Kier molecular flexibility index (Phi) is 8.84. The van der Waals surface area contributed by atoms with Crippen LogP contribution in [0.2, 0.25) is 0 Å². The van der Waals surface area contributed by atoms with Crippen molar-refractivity contribution in [3.8, 4) is 11.5 Å². The van der Waals surface area contributed by atoms with Gasteiger partial charge in [0.25, 0.3) is 0 Å². The van der Waals surface area contributed by atoms with E-state index >= 15 is 0 Å². The second-order valence-electron chi connectivity index (χ2n) is 6.20. The van der Waals surface area contributed by atoms with Crippen molar-refractivity contribution in [1.29, 1.82) is 0 Å². The number of hydrogen-bond acceptors (Lipinski definition) is 4. The summed E-state index contributed by atoms with van der Waals surface area (Å²) in [6.07, 6.45) is 1.11. The summed E-state index contributed by atoms with van der Waals surface area (Å²) in [5.41, 5.74) is 2.30. The molecule has 0 spiro atoms. The van der Waals surface area contributed by atoms with E-state index in [1.807, 2.05) is 43.3 Å². The molecule has 0 fully saturated rings. The van der Waals surface area contributed by atoms with Gasteiger partial charge in [-0.1, -0.05) is 38.1 Å². The second-order valence-corrected chi connectivity index (χ2v) is 6.20. The molecule has 0 saturated heterocycles. The van der Waals surface area contributed by atoms with Crippen LogP contribution in [0.4, 0.5) is 5.69 Å². The summed E-state index contributed by atoms with van der Waals surface area (Å²) in [5.74, 6) is 2.33. The van der Waals surface area contributed by atoms with E-state index in [0.29, 0.717) is 32.3 Å². The Morgan fingerprint density at radius 2 is 1.77 bits per heavy atom. The molecule has 26 heavy (non-hydrogen) atoms. The summed E-state index contributed by atoms with van der Waals surface area (Å²) >= 11 is 0. The molecular weight excluding hydrogens is 326 g/mol. The molecule has 0 aromatic heterocycles. The summed E-state index contributed by atoms with van der Waals surface area (Å²) in [6.45, 7) is 9.65. The Bertz CT molecular complexity index is 645. The molecule has 1 N–H and O–H groups in total. The second kappa shape index (κ2) is 11.4. The van der Waals surface area contributed by atoms with E-state index in [9.17, 15) is 0 Å². The van der Waals surface area contributed by atoms with Crippen molar-refractivity contribution in [2.75, 3.05) is 38.3 Å². The van der Waals surface area contributed by atoms with Crippen LogP contribution in [0.1, 0.15) is 38.7 Å². The monoisotopic (exact) mass is 357 g/mol. The maximum atomic E-state index is 5.99. The van der Waals surface area contributed by atoms with Crippen LogP contribution in [-0.2, 0) is 4.74 Å². The predicted molar refractivity (Wildman–Crippen MR) is 108 cm³/mol. The van der Waals surface area contributed by atoms with Gasteiger partial charge in [-0.2, -0.15) is 0 Å². The third-order valence-corrected chi connectivity index (χ3v) is 4.29. The van der Waals surface area contributed by atoms with E-state index in [-0.39, 0.29) is 0 Å². The SMILES string of the molecule is CCOCCOc1cccc(NCCOc2ccccc2[C@H](C)CC)c1. The third-order valence-electron chi connectivity index (χ3n) is 4.29. The molecule has 0 saturated carbocycles. The molecule has 4 nitrogen and oxygen atoms in total. The Morgan fingerprint density at radius 3 is 2.58 bits per heavy atom. The lowest BCUT2D eigenvalue weighted by molar-refractivity contribution is 0.110. The highest BCUT2D eigenvalue weighted by Gasteiger charge is 2.09. The topological polar surface area (TPSA) is 39.7 Å². The minimum Gasteiger partial charge on any atom is -0.491 e. The lowest BCUT2D eigenvalue weighted by atomic mass is 9.98. The Morgan fingerprint density at radius 1 is 0.923 bits per heavy atom. The number of rotatable bonds is 12. The molecule has 4 heteroatoms. The standard InChI is InChI=1S/C22H31NO3/c1-4-18(3)21-11-6-7-12-22(21)26-14-13-23-19-9-8-10-20(17-19)25-16-15-24-5-2/h6-12,17-18,23H,4-5,13-16H2,1-3H3/t18-/m1/s1. The van der Waals surface area contributed by atoms with Gasteiger partial charge in [-0.05, 0) is 43.0 Å². The lowest BCUT2D eigenvalue weighted by Gasteiger charge is -2.16. The van der Waals surface area contributed by atoms with Crippen LogP contribution in [0.3, 0.4) is 0 Å². The Balaban J connectivity index is 1.78. The predicted octanol–water partition coefficient (Wildman–Crippen LogP) is 5.11. The van der Waals surface area contributed by atoms with Gasteiger partial charge in [0.05, 0.1) is 6.61 Å². The van der Waals surface area contributed by atoms with Gasteiger partial charge in [0.1, 0.15) is 24.7 Å². The molecule has 0 bridgehead atoms. The summed E-state index contributed by atoms with van der Waals surface area (Å²) in [4.78, 5) is 0. The Hall–Kier alpha value is -2.20. The minimum atomic E-state index is 0.504. The highest BCUT2D eigenvalue weighted by Crippen LogP contribution is 2.28.